The Bertz CT molecular complexity index is 334. The van der Waals surface area contributed by atoms with E-state index >= 15 is 0 Å². The van der Waals surface area contributed by atoms with Crippen LogP contribution in [0.25, 0.3) is 0 Å². The molecule has 2 rings (SSSR count). The van der Waals surface area contributed by atoms with Crippen molar-refractivity contribution in [3.05, 3.63) is 21.3 Å². The summed E-state index contributed by atoms with van der Waals surface area (Å²) >= 11 is 7.97. The first-order valence-corrected chi connectivity index (χ1v) is 7.73. The number of hydrogen-bond acceptors (Lipinski definition) is 3. The highest BCUT2D eigenvalue weighted by Gasteiger charge is 2.21. The van der Waals surface area contributed by atoms with Crippen LogP contribution in [0.4, 0.5) is 0 Å². The van der Waals surface area contributed by atoms with Crippen LogP contribution in [-0.2, 0) is 6.54 Å². The minimum atomic E-state index is 0.731. The molecule has 1 aromatic heterocycles. The van der Waals surface area contributed by atoms with Gasteiger partial charge in [-0.05, 0) is 50.3 Å². The van der Waals surface area contributed by atoms with Crippen LogP contribution in [0.2, 0.25) is 5.02 Å². The van der Waals surface area contributed by atoms with Crippen molar-refractivity contribution >= 4 is 22.9 Å². The summed E-state index contributed by atoms with van der Waals surface area (Å²) in [6.45, 7) is 6.77. The van der Waals surface area contributed by atoms with E-state index in [9.17, 15) is 0 Å². The lowest BCUT2D eigenvalue weighted by molar-refractivity contribution is 0.155. The summed E-state index contributed by atoms with van der Waals surface area (Å²) in [5.74, 6) is 0. The Hall–Kier alpha value is -0.0900. The number of nitrogens with zero attached hydrogens (tertiary/aromatic N) is 1. The van der Waals surface area contributed by atoms with Crippen molar-refractivity contribution in [2.75, 3.05) is 19.6 Å². The first-order chi connectivity index (χ1) is 8.31. The molecular formula is C13H21ClN2S. The quantitative estimate of drug-likeness (QED) is 0.884. The maximum Gasteiger partial charge on any atom is 0.0558 e. The third-order valence-corrected chi connectivity index (χ3v) is 4.75. The average molecular weight is 273 g/mol. The van der Waals surface area contributed by atoms with Crippen LogP contribution >= 0.6 is 22.9 Å². The van der Waals surface area contributed by atoms with Crippen molar-refractivity contribution in [3.63, 3.8) is 0 Å². The van der Waals surface area contributed by atoms with Crippen molar-refractivity contribution in [3.8, 4) is 0 Å². The second-order valence-electron chi connectivity index (χ2n) is 4.64. The number of halogens is 1. The van der Waals surface area contributed by atoms with Gasteiger partial charge < -0.3 is 5.32 Å². The van der Waals surface area contributed by atoms with E-state index < -0.39 is 0 Å². The lowest BCUT2D eigenvalue weighted by Crippen LogP contribution is -2.43. The number of nitrogens with one attached hydrogen (secondary N) is 1. The van der Waals surface area contributed by atoms with Crippen LogP contribution in [0.5, 0.6) is 0 Å². The van der Waals surface area contributed by atoms with Gasteiger partial charge in [0, 0.05) is 17.5 Å². The maximum atomic E-state index is 6.19. The molecule has 96 valence electrons. The standard InChI is InChI=1S/C13H21ClN2S/c1-2-8-16(11-3-6-15-7-4-11)10-13-12(14)5-9-17-13/h5,9,11,15H,2-4,6-8,10H2,1H3. The van der Waals surface area contributed by atoms with E-state index in [4.69, 9.17) is 11.6 Å². The Balaban J connectivity index is 1.98. The Kier molecular flexibility index (Phi) is 5.29. The molecule has 0 unspecified atom stereocenters. The van der Waals surface area contributed by atoms with E-state index in [1.54, 1.807) is 11.3 Å². The molecule has 4 heteroatoms. The molecule has 0 spiro atoms. The molecule has 0 atom stereocenters. The predicted molar refractivity (Wildman–Crippen MR) is 75.9 cm³/mol. The monoisotopic (exact) mass is 272 g/mol. The van der Waals surface area contributed by atoms with Gasteiger partial charge in [-0.15, -0.1) is 11.3 Å². The second kappa shape index (κ2) is 6.74. The van der Waals surface area contributed by atoms with Gasteiger partial charge in [0.2, 0.25) is 0 Å². The minimum Gasteiger partial charge on any atom is -0.317 e. The molecule has 0 aromatic carbocycles. The van der Waals surface area contributed by atoms with Crippen LogP contribution in [0.3, 0.4) is 0 Å². The predicted octanol–water partition coefficient (Wildman–Crippen LogP) is 3.37. The van der Waals surface area contributed by atoms with Crippen molar-refractivity contribution in [1.82, 2.24) is 10.2 Å². The van der Waals surface area contributed by atoms with Gasteiger partial charge in [-0.25, -0.2) is 0 Å². The maximum absolute atomic E-state index is 6.19. The molecule has 1 aliphatic rings. The molecule has 2 nitrogen and oxygen atoms in total. The van der Waals surface area contributed by atoms with Crippen molar-refractivity contribution in [2.45, 2.75) is 38.8 Å². The fourth-order valence-electron chi connectivity index (χ4n) is 2.47. The number of piperidine rings is 1. The fourth-order valence-corrected chi connectivity index (χ4v) is 3.59. The Morgan fingerprint density at radius 1 is 1.47 bits per heavy atom. The Morgan fingerprint density at radius 2 is 2.24 bits per heavy atom. The van der Waals surface area contributed by atoms with E-state index in [0.29, 0.717) is 0 Å². The number of hydrogen-bond donors (Lipinski definition) is 1. The molecule has 0 radical (unpaired) electrons. The summed E-state index contributed by atoms with van der Waals surface area (Å²) in [5, 5.41) is 6.45. The average Bonchev–Trinajstić information content (AvgIpc) is 2.76. The molecule has 1 N–H and O–H groups in total. The Labute approximate surface area is 113 Å². The number of rotatable bonds is 5. The van der Waals surface area contributed by atoms with Gasteiger partial charge in [-0.2, -0.15) is 0 Å². The van der Waals surface area contributed by atoms with Crippen LogP contribution in [0.15, 0.2) is 11.4 Å². The lowest BCUT2D eigenvalue weighted by atomic mass is 10.0. The van der Waals surface area contributed by atoms with Crippen molar-refractivity contribution < 1.29 is 0 Å². The molecule has 0 saturated carbocycles. The van der Waals surface area contributed by atoms with Crippen molar-refractivity contribution in [1.29, 1.82) is 0 Å². The molecule has 0 bridgehead atoms. The topological polar surface area (TPSA) is 15.3 Å². The van der Waals surface area contributed by atoms with E-state index in [1.807, 2.05) is 6.07 Å². The Morgan fingerprint density at radius 3 is 2.82 bits per heavy atom. The summed E-state index contributed by atoms with van der Waals surface area (Å²) in [5.41, 5.74) is 0. The van der Waals surface area contributed by atoms with Gasteiger partial charge >= 0.3 is 0 Å². The summed E-state index contributed by atoms with van der Waals surface area (Å²) in [6, 6.07) is 2.74. The molecule has 0 amide bonds. The molecule has 0 aliphatic carbocycles. The summed E-state index contributed by atoms with van der Waals surface area (Å²) in [4.78, 5) is 3.93. The SMILES string of the molecule is CCCN(Cc1sccc1Cl)C1CCNCC1. The minimum absolute atomic E-state index is 0.731. The highest BCUT2D eigenvalue weighted by atomic mass is 35.5. The van der Waals surface area contributed by atoms with E-state index in [-0.39, 0.29) is 0 Å². The first kappa shape index (κ1) is 13.3. The first-order valence-electron chi connectivity index (χ1n) is 6.48. The molecular weight excluding hydrogens is 252 g/mol. The molecule has 17 heavy (non-hydrogen) atoms. The zero-order valence-corrected chi connectivity index (χ0v) is 12.0. The van der Waals surface area contributed by atoms with Crippen LogP contribution in [0.1, 0.15) is 31.1 Å². The lowest BCUT2D eigenvalue weighted by Gasteiger charge is -2.34. The number of thiophene rings is 1. The van der Waals surface area contributed by atoms with E-state index in [0.717, 1.165) is 30.7 Å². The van der Waals surface area contributed by atoms with Crippen LogP contribution < -0.4 is 5.32 Å². The van der Waals surface area contributed by atoms with Crippen LogP contribution in [-0.4, -0.2) is 30.6 Å². The third-order valence-electron chi connectivity index (χ3n) is 3.37. The molecule has 1 aliphatic heterocycles. The molecule has 1 saturated heterocycles. The molecule has 1 aromatic rings. The van der Waals surface area contributed by atoms with Crippen LogP contribution in [0, 0.1) is 0 Å². The summed E-state index contributed by atoms with van der Waals surface area (Å²) in [6.07, 6.45) is 3.75. The molecule has 2 heterocycles. The van der Waals surface area contributed by atoms with Gasteiger partial charge in [-0.1, -0.05) is 18.5 Å². The smallest absolute Gasteiger partial charge is 0.0558 e. The third kappa shape index (κ3) is 3.68. The van der Waals surface area contributed by atoms with E-state index in [2.05, 4.69) is 22.5 Å². The summed E-state index contributed by atoms with van der Waals surface area (Å²) in [7, 11) is 0. The molecule has 1 fully saturated rings. The highest BCUT2D eigenvalue weighted by Crippen LogP contribution is 2.25. The van der Waals surface area contributed by atoms with Gasteiger partial charge in [0.1, 0.15) is 0 Å². The normalized spacial score (nSPS) is 17.8. The van der Waals surface area contributed by atoms with E-state index in [1.165, 1.54) is 30.7 Å². The van der Waals surface area contributed by atoms with Crippen molar-refractivity contribution in [2.24, 2.45) is 0 Å². The summed E-state index contributed by atoms with van der Waals surface area (Å²) < 4.78 is 0. The van der Waals surface area contributed by atoms with Gasteiger partial charge in [0.15, 0.2) is 0 Å². The zero-order valence-electron chi connectivity index (χ0n) is 10.4. The van der Waals surface area contributed by atoms with Gasteiger partial charge in [0.05, 0.1) is 5.02 Å². The second-order valence-corrected chi connectivity index (χ2v) is 6.05. The largest absolute Gasteiger partial charge is 0.317 e. The zero-order chi connectivity index (χ0) is 12.1. The highest BCUT2D eigenvalue weighted by molar-refractivity contribution is 7.10. The van der Waals surface area contributed by atoms with Gasteiger partial charge in [0.25, 0.3) is 0 Å². The van der Waals surface area contributed by atoms with Gasteiger partial charge in [-0.3, -0.25) is 4.90 Å². The fraction of sp³-hybridized carbons (Fsp3) is 0.692.